The van der Waals surface area contributed by atoms with Gasteiger partial charge in [0.1, 0.15) is 0 Å². The lowest BCUT2D eigenvalue weighted by molar-refractivity contribution is 0.528. The maximum absolute atomic E-state index is 13.0. The van der Waals surface area contributed by atoms with Crippen LogP contribution in [0.5, 0.6) is 0 Å². The number of nitrogens with one attached hydrogen (secondary N) is 1. The highest BCUT2D eigenvalue weighted by molar-refractivity contribution is 7.96. The van der Waals surface area contributed by atoms with Crippen LogP contribution in [-0.2, 0) is 26.1 Å². The first-order chi connectivity index (χ1) is 12.3. The number of hydrogen-bond donors (Lipinski definition) is 1. The summed E-state index contributed by atoms with van der Waals surface area (Å²) in [6.07, 6.45) is 0.717. The van der Waals surface area contributed by atoms with E-state index in [1.807, 2.05) is 37.3 Å². The second-order valence-electron chi connectivity index (χ2n) is 6.77. The highest BCUT2D eigenvalue weighted by Gasteiger charge is 2.45. The first-order valence-corrected chi connectivity index (χ1v) is 11.9. The van der Waals surface area contributed by atoms with Crippen LogP contribution in [0.1, 0.15) is 11.1 Å². The lowest BCUT2D eigenvalue weighted by Crippen LogP contribution is -2.44. The number of benzene rings is 2. The SMILES string of the molecule is Cc1ccc(S(=O)(=O)[C@@H]2CS(=O)(=O)C[C@H]2NCCc2ccccc2)cc1. The van der Waals surface area contributed by atoms with Crippen LogP contribution in [0, 0.1) is 6.92 Å². The molecule has 0 unspecified atom stereocenters. The first kappa shape index (κ1) is 19.1. The summed E-state index contributed by atoms with van der Waals surface area (Å²) in [5.41, 5.74) is 2.08. The van der Waals surface area contributed by atoms with Gasteiger partial charge in [-0.2, -0.15) is 0 Å². The molecule has 0 spiro atoms. The van der Waals surface area contributed by atoms with Gasteiger partial charge in [0.2, 0.25) is 0 Å². The van der Waals surface area contributed by atoms with Crippen LogP contribution in [0.15, 0.2) is 59.5 Å². The molecule has 2 atom stereocenters. The molecule has 1 heterocycles. The van der Waals surface area contributed by atoms with Gasteiger partial charge in [0.15, 0.2) is 19.7 Å². The van der Waals surface area contributed by atoms with Crippen molar-refractivity contribution in [3.8, 4) is 0 Å². The predicted molar refractivity (Wildman–Crippen MR) is 103 cm³/mol. The Kier molecular flexibility index (Phi) is 5.50. The Balaban J connectivity index is 1.76. The minimum absolute atomic E-state index is 0.141. The van der Waals surface area contributed by atoms with Gasteiger partial charge >= 0.3 is 0 Å². The molecular weight excluding hydrogens is 370 g/mol. The summed E-state index contributed by atoms with van der Waals surface area (Å²) in [5, 5.41) is 2.21. The lowest BCUT2D eigenvalue weighted by Gasteiger charge is -2.20. The largest absolute Gasteiger partial charge is 0.311 e. The Bertz CT molecular complexity index is 952. The third kappa shape index (κ3) is 4.34. The highest BCUT2D eigenvalue weighted by Crippen LogP contribution is 2.26. The van der Waals surface area contributed by atoms with Gasteiger partial charge in [0, 0.05) is 6.04 Å². The van der Waals surface area contributed by atoms with E-state index in [1.54, 1.807) is 24.3 Å². The summed E-state index contributed by atoms with van der Waals surface area (Å²) in [7, 11) is -7.09. The van der Waals surface area contributed by atoms with E-state index >= 15 is 0 Å². The second-order valence-corrected chi connectivity index (χ2v) is 11.1. The molecule has 0 bridgehead atoms. The van der Waals surface area contributed by atoms with Gasteiger partial charge in [-0.05, 0) is 37.6 Å². The van der Waals surface area contributed by atoms with Crippen LogP contribution in [-0.4, -0.2) is 46.2 Å². The Morgan fingerprint density at radius 3 is 2.31 bits per heavy atom. The smallest absolute Gasteiger partial charge is 0.183 e. The molecule has 5 nitrogen and oxygen atoms in total. The summed E-state index contributed by atoms with van der Waals surface area (Å²) >= 11 is 0. The van der Waals surface area contributed by atoms with E-state index in [0.717, 1.165) is 11.1 Å². The van der Waals surface area contributed by atoms with Gasteiger partial charge in [0.05, 0.1) is 21.7 Å². The first-order valence-electron chi connectivity index (χ1n) is 8.56. The number of hydrogen-bond acceptors (Lipinski definition) is 5. The van der Waals surface area contributed by atoms with Crippen LogP contribution in [0.2, 0.25) is 0 Å². The van der Waals surface area contributed by atoms with Crippen LogP contribution in [0.4, 0.5) is 0 Å². The molecule has 0 saturated carbocycles. The van der Waals surface area contributed by atoms with Crippen LogP contribution in [0.25, 0.3) is 0 Å². The van der Waals surface area contributed by atoms with Crippen LogP contribution >= 0.6 is 0 Å². The summed E-state index contributed by atoms with van der Waals surface area (Å²) in [5.74, 6) is -0.468. The molecule has 0 amide bonds. The lowest BCUT2D eigenvalue weighted by atomic mass is 10.1. The quantitative estimate of drug-likeness (QED) is 0.809. The molecular formula is C19H23NO4S2. The predicted octanol–water partition coefficient (Wildman–Crippen LogP) is 1.77. The summed E-state index contributed by atoms with van der Waals surface area (Å²) in [6, 6.07) is 15.8. The Labute approximate surface area is 155 Å². The van der Waals surface area contributed by atoms with E-state index in [0.29, 0.717) is 13.0 Å². The van der Waals surface area contributed by atoms with Crippen molar-refractivity contribution in [3.05, 3.63) is 65.7 Å². The molecule has 7 heteroatoms. The molecule has 1 saturated heterocycles. The minimum atomic E-state index is -3.71. The van der Waals surface area contributed by atoms with E-state index < -0.39 is 31.0 Å². The molecule has 1 aliphatic heterocycles. The molecule has 0 aromatic heterocycles. The normalized spacial score (nSPS) is 22.3. The van der Waals surface area contributed by atoms with Crippen LogP contribution in [0.3, 0.4) is 0 Å². The molecule has 3 rings (SSSR count). The van der Waals surface area contributed by atoms with E-state index in [-0.39, 0.29) is 16.4 Å². The molecule has 140 valence electrons. The van der Waals surface area contributed by atoms with Crippen molar-refractivity contribution in [2.75, 3.05) is 18.1 Å². The molecule has 26 heavy (non-hydrogen) atoms. The Morgan fingerprint density at radius 1 is 1.00 bits per heavy atom. The fraction of sp³-hybridized carbons (Fsp3) is 0.368. The molecule has 0 aliphatic carbocycles. The van der Waals surface area contributed by atoms with Crippen molar-refractivity contribution >= 4 is 19.7 Å². The van der Waals surface area contributed by atoms with E-state index in [2.05, 4.69) is 5.32 Å². The van der Waals surface area contributed by atoms with Gasteiger partial charge < -0.3 is 5.32 Å². The fourth-order valence-electron chi connectivity index (χ4n) is 3.26. The fourth-order valence-corrected chi connectivity index (χ4v) is 7.98. The highest BCUT2D eigenvalue weighted by atomic mass is 32.2. The minimum Gasteiger partial charge on any atom is -0.311 e. The Morgan fingerprint density at radius 2 is 1.65 bits per heavy atom. The molecule has 0 radical (unpaired) electrons. The number of sulfone groups is 2. The van der Waals surface area contributed by atoms with Crippen molar-refractivity contribution in [2.24, 2.45) is 0 Å². The molecule has 1 fully saturated rings. The number of aryl methyl sites for hydroxylation is 1. The van der Waals surface area contributed by atoms with Crippen molar-refractivity contribution in [1.82, 2.24) is 5.32 Å². The second kappa shape index (κ2) is 7.50. The average Bonchev–Trinajstić information content (AvgIpc) is 2.92. The number of rotatable bonds is 6. The third-order valence-electron chi connectivity index (χ3n) is 4.71. The maximum atomic E-state index is 13.0. The van der Waals surface area contributed by atoms with Gasteiger partial charge in [-0.15, -0.1) is 0 Å². The van der Waals surface area contributed by atoms with Crippen molar-refractivity contribution in [3.63, 3.8) is 0 Å². The van der Waals surface area contributed by atoms with Gasteiger partial charge in [-0.1, -0.05) is 48.0 Å². The van der Waals surface area contributed by atoms with E-state index in [9.17, 15) is 16.8 Å². The molecule has 2 aromatic rings. The summed E-state index contributed by atoms with van der Waals surface area (Å²) in [6.45, 7) is 2.41. The van der Waals surface area contributed by atoms with E-state index in [4.69, 9.17) is 0 Å². The third-order valence-corrected chi connectivity index (χ3v) is 8.88. The maximum Gasteiger partial charge on any atom is 0.183 e. The Hall–Kier alpha value is -1.70. The van der Waals surface area contributed by atoms with Gasteiger partial charge in [0.25, 0.3) is 0 Å². The zero-order valence-electron chi connectivity index (χ0n) is 14.6. The summed E-state index contributed by atoms with van der Waals surface area (Å²) in [4.78, 5) is 0.181. The van der Waals surface area contributed by atoms with Gasteiger partial charge in [-0.3, -0.25) is 0 Å². The van der Waals surface area contributed by atoms with Crippen molar-refractivity contribution < 1.29 is 16.8 Å². The average molecular weight is 394 g/mol. The molecule has 1 aliphatic rings. The summed E-state index contributed by atoms with van der Waals surface area (Å²) < 4.78 is 50.2. The zero-order chi connectivity index (χ0) is 18.8. The van der Waals surface area contributed by atoms with E-state index in [1.165, 1.54) is 0 Å². The van der Waals surface area contributed by atoms with Gasteiger partial charge in [-0.25, -0.2) is 16.8 Å². The standard InChI is InChI=1S/C19H23NO4S2/c1-15-7-9-17(10-8-15)26(23,24)19-14-25(21,22)13-18(19)20-12-11-16-5-3-2-4-6-16/h2-10,18-20H,11-14H2,1H3/t18-,19-/m1/s1. The van der Waals surface area contributed by atoms with Crippen molar-refractivity contribution in [1.29, 1.82) is 0 Å². The monoisotopic (exact) mass is 393 g/mol. The topological polar surface area (TPSA) is 80.3 Å². The van der Waals surface area contributed by atoms with Crippen LogP contribution < -0.4 is 5.32 Å². The molecule has 2 aromatic carbocycles. The van der Waals surface area contributed by atoms with Crippen molar-refractivity contribution in [2.45, 2.75) is 29.5 Å². The molecule has 1 N–H and O–H groups in total. The zero-order valence-corrected chi connectivity index (χ0v) is 16.3.